The van der Waals surface area contributed by atoms with Crippen molar-refractivity contribution >= 4 is 35.6 Å². The van der Waals surface area contributed by atoms with Gasteiger partial charge in [-0.05, 0) is 68.3 Å². The molecule has 34 heavy (non-hydrogen) atoms. The summed E-state index contributed by atoms with van der Waals surface area (Å²) in [4.78, 5) is 38.7. The fourth-order valence-electron chi connectivity index (χ4n) is 3.99. The summed E-state index contributed by atoms with van der Waals surface area (Å²) >= 11 is 6.20. The molecule has 1 aromatic heterocycles. The second kappa shape index (κ2) is 9.57. The van der Waals surface area contributed by atoms with Gasteiger partial charge in [0, 0.05) is 22.1 Å². The molecule has 8 heteroatoms. The first-order valence-corrected chi connectivity index (χ1v) is 11.2. The SMILES string of the molecule is CCOC(=O)c1cccc(-n2c(C)cc(C=C3NC(=O)N(Cc4ccccc4Cl)C3=O)c2C)c1. The Morgan fingerprint density at radius 2 is 1.85 bits per heavy atom. The number of hydrogen-bond acceptors (Lipinski definition) is 4. The minimum atomic E-state index is -0.493. The van der Waals surface area contributed by atoms with Gasteiger partial charge in [-0.15, -0.1) is 0 Å². The lowest BCUT2D eigenvalue weighted by Crippen LogP contribution is -2.30. The van der Waals surface area contributed by atoms with Gasteiger partial charge < -0.3 is 14.6 Å². The largest absolute Gasteiger partial charge is 0.462 e. The van der Waals surface area contributed by atoms with Gasteiger partial charge in [-0.2, -0.15) is 0 Å². The number of carbonyl (C=O) groups is 3. The molecule has 1 N–H and O–H groups in total. The summed E-state index contributed by atoms with van der Waals surface area (Å²) < 4.78 is 7.09. The molecule has 0 radical (unpaired) electrons. The number of aromatic nitrogens is 1. The van der Waals surface area contributed by atoms with Gasteiger partial charge in [-0.1, -0.05) is 35.9 Å². The molecular weight excluding hydrogens is 454 g/mol. The fourth-order valence-corrected chi connectivity index (χ4v) is 4.18. The molecule has 1 fully saturated rings. The van der Waals surface area contributed by atoms with Gasteiger partial charge in [-0.25, -0.2) is 9.59 Å². The monoisotopic (exact) mass is 477 g/mol. The summed E-state index contributed by atoms with van der Waals surface area (Å²) in [5.74, 6) is -0.800. The molecule has 0 saturated carbocycles. The predicted octanol–water partition coefficient (Wildman–Crippen LogP) is 5.02. The van der Waals surface area contributed by atoms with Gasteiger partial charge in [-0.3, -0.25) is 9.69 Å². The Labute approximate surface area is 202 Å². The second-order valence-electron chi connectivity index (χ2n) is 7.90. The summed E-state index contributed by atoms with van der Waals surface area (Å²) in [5, 5.41) is 3.16. The van der Waals surface area contributed by atoms with Crippen molar-refractivity contribution in [2.75, 3.05) is 6.61 Å². The normalized spacial score (nSPS) is 14.6. The Bertz CT molecular complexity index is 1330. The van der Waals surface area contributed by atoms with Gasteiger partial charge in [0.25, 0.3) is 5.91 Å². The van der Waals surface area contributed by atoms with Crippen molar-refractivity contribution in [1.29, 1.82) is 0 Å². The van der Waals surface area contributed by atoms with E-state index >= 15 is 0 Å². The molecule has 1 aliphatic heterocycles. The molecule has 2 aromatic carbocycles. The van der Waals surface area contributed by atoms with E-state index in [1.165, 1.54) is 0 Å². The zero-order valence-electron chi connectivity index (χ0n) is 19.1. The Balaban J connectivity index is 1.63. The third-order valence-corrected chi connectivity index (χ3v) is 6.00. The molecular formula is C26H24ClN3O4. The predicted molar refractivity (Wildman–Crippen MR) is 130 cm³/mol. The first-order valence-electron chi connectivity index (χ1n) is 10.8. The topological polar surface area (TPSA) is 80.6 Å². The van der Waals surface area contributed by atoms with E-state index in [0.29, 0.717) is 22.8 Å². The summed E-state index contributed by atoms with van der Waals surface area (Å²) in [6.45, 7) is 6.00. The summed E-state index contributed by atoms with van der Waals surface area (Å²) in [7, 11) is 0. The molecule has 0 atom stereocenters. The van der Waals surface area contributed by atoms with Crippen molar-refractivity contribution in [2.45, 2.75) is 27.3 Å². The van der Waals surface area contributed by atoms with E-state index in [4.69, 9.17) is 16.3 Å². The van der Waals surface area contributed by atoms with Crippen LogP contribution in [0, 0.1) is 13.8 Å². The van der Waals surface area contributed by atoms with Gasteiger partial charge in [0.1, 0.15) is 5.70 Å². The van der Waals surface area contributed by atoms with Crippen LogP contribution in [-0.2, 0) is 16.1 Å². The molecule has 1 aliphatic rings. The molecule has 3 aromatic rings. The zero-order chi connectivity index (χ0) is 24.4. The molecule has 0 unspecified atom stereocenters. The lowest BCUT2D eigenvalue weighted by Gasteiger charge is -2.12. The molecule has 2 heterocycles. The van der Waals surface area contributed by atoms with Crippen LogP contribution in [0.3, 0.4) is 0 Å². The first kappa shape index (κ1) is 23.3. The third kappa shape index (κ3) is 4.47. The fraction of sp³-hybridized carbons (Fsp3) is 0.192. The molecule has 0 spiro atoms. The minimum Gasteiger partial charge on any atom is -0.462 e. The standard InChI is InChI=1S/C26H24ClN3O4/c1-4-34-25(32)18-9-7-10-21(13-18)30-16(2)12-20(17(30)3)14-23-24(31)29(26(33)28-23)15-19-8-5-6-11-22(19)27/h5-14H,4,15H2,1-3H3,(H,28,33). The van der Waals surface area contributed by atoms with Crippen molar-refractivity contribution in [1.82, 2.24) is 14.8 Å². The highest BCUT2D eigenvalue weighted by atomic mass is 35.5. The number of urea groups is 1. The Morgan fingerprint density at radius 3 is 2.59 bits per heavy atom. The van der Waals surface area contributed by atoms with E-state index in [2.05, 4.69) is 5.32 Å². The minimum absolute atomic E-state index is 0.0847. The number of hydrogen-bond donors (Lipinski definition) is 1. The van der Waals surface area contributed by atoms with E-state index < -0.39 is 11.9 Å². The number of carbonyl (C=O) groups excluding carboxylic acids is 3. The summed E-state index contributed by atoms with van der Waals surface area (Å²) in [6, 6.07) is 15.7. The van der Waals surface area contributed by atoms with Crippen LogP contribution >= 0.6 is 11.6 Å². The maximum atomic E-state index is 13.0. The van der Waals surface area contributed by atoms with Crippen LogP contribution < -0.4 is 5.32 Å². The molecule has 0 aliphatic carbocycles. The van der Waals surface area contributed by atoms with Crippen LogP contribution in [-0.4, -0.2) is 34.0 Å². The highest BCUT2D eigenvalue weighted by Gasteiger charge is 2.34. The Morgan fingerprint density at radius 1 is 1.09 bits per heavy atom. The molecule has 7 nitrogen and oxygen atoms in total. The van der Waals surface area contributed by atoms with E-state index in [9.17, 15) is 14.4 Å². The lowest BCUT2D eigenvalue weighted by atomic mass is 10.2. The van der Waals surface area contributed by atoms with E-state index in [0.717, 1.165) is 27.5 Å². The van der Waals surface area contributed by atoms with Crippen LogP contribution in [0.1, 0.15) is 39.8 Å². The van der Waals surface area contributed by atoms with E-state index in [-0.39, 0.29) is 18.2 Å². The van der Waals surface area contributed by atoms with Crippen LogP contribution in [0.2, 0.25) is 5.02 Å². The van der Waals surface area contributed by atoms with E-state index in [1.54, 1.807) is 49.4 Å². The van der Waals surface area contributed by atoms with E-state index in [1.807, 2.05) is 36.6 Å². The number of nitrogens with one attached hydrogen (secondary N) is 1. The average Bonchev–Trinajstić information content (AvgIpc) is 3.24. The smallest absolute Gasteiger partial charge is 0.338 e. The average molecular weight is 478 g/mol. The molecule has 4 rings (SSSR count). The van der Waals surface area contributed by atoms with Crippen molar-refractivity contribution < 1.29 is 19.1 Å². The van der Waals surface area contributed by atoms with Crippen LogP contribution in [0.4, 0.5) is 4.79 Å². The van der Waals surface area contributed by atoms with Crippen molar-refractivity contribution in [2.24, 2.45) is 0 Å². The lowest BCUT2D eigenvalue weighted by molar-refractivity contribution is -0.123. The summed E-state index contributed by atoms with van der Waals surface area (Å²) in [6.07, 6.45) is 1.67. The maximum Gasteiger partial charge on any atom is 0.338 e. The first-order chi connectivity index (χ1) is 16.3. The van der Waals surface area contributed by atoms with Gasteiger partial charge in [0.05, 0.1) is 18.7 Å². The van der Waals surface area contributed by atoms with Crippen molar-refractivity contribution in [3.63, 3.8) is 0 Å². The van der Waals surface area contributed by atoms with Crippen LogP contribution in [0.15, 0.2) is 60.3 Å². The Kier molecular flexibility index (Phi) is 6.56. The number of rotatable bonds is 6. The molecule has 3 amide bonds. The number of imide groups is 1. The highest BCUT2D eigenvalue weighted by Crippen LogP contribution is 2.26. The third-order valence-electron chi connectivity index (χ3n) is 5.63. The quantitative estimate of drug-likeness (QED) is 0.307. The number of amides is 3. The number of esters is 1. The second-order valence-corrected chi connectivity index (χ2v) is 8.31. The van der Waals surface area contributed by atoms with Crippen LogP contribution in [0.5, 0.6) is 0 Å². The van der Waals surface area contributed by atoms with Crippen molar-refractivity contribution in [3.05, 3.63) is 93.4 Å². The molecule has 0 bridgehead atoms. The number of ether oxygens (including phenoxy) is 1. The number of aryl methyl sites for hydroxylation is 1. The summed E-state index contributed by atoms with van der Waals surface area (Å²) in [5.41, 5.74) is 4.69. The van der Waals surface area contributed by atoms with Crippen molar-refractivity contribution in [3.8, 4) is 5.69 Å². The van der Waals surface area contributed by atoms with Crippen LogP contribution in [0.25, 0.3) is 11.8 Å². The van der Waals surface area contributed by atoms with Gasteiger partial charge in [0.15, 0.2) is 0 Å². The molecule has 174 valence electrons. The maximum absolute atomic E-state index is 13.0. The zero-order valence-corrected chi connectivity index (χ0v) is 19.8. The number of nitrogens with zero attached hydrogens (tertiary/aromatic N) is 2. The van der Waals surface area contributed by atoms with Gasteiger partial charge in [0.2, 0.25) is 0 Å². The number of benzene rings is 2. The molecule has 1 saturated heterocycles. The Hall–Kier alpha value is -3.84. The van der Waals surface area contributed by atoms with Gasteiger partial charge >= 0.3 is 12.0 Å². The highest BCUT2D eigenvalue weighted by molar-refractivity contribution is 6.31. The number of halogens is 1.